The lowest BCUT2D eigenvalue weighted by Gasteiger charge is -2.43. The Labute approximate surface area is 333 Å². The van der Waals surface area contributed by atoms with Gasteiger partial charge in [0.1, 0.15) is 5.69 Å². The molecule has 290 valence electrons. The summed E-state index contributed by atoms with van der Waals surface area (Å²) >= 11 is 8.51. The molecule has 2 bridgehead atoms. The van der Waals surface area contributed by atoms with Gasteiger partial charge in [-0.25, -0.2) is 18.1 Å². The van der Waals surface area contributed by atoms with E-state index in [1.807, 2.05) is 24.0 Å². The van der Waals surface area contributed by atoms with Crippen LogP contribution in [-0.4, -0.2) is 105 Å². The molecule has 1 saturated carbocycles. The number of anilines is 1. The van der Waals surface area contributed by atoms with Crippen molar-refractivity contribution in [2.24, 2.45) is 17.8 Å². The highest BCUT2D eigenvalue weighted by molar-refractivity contribution is 14.1. The summed E-state index contributed by atoms with van der Waals surface area (Å²) in [5.74, 6) is 0.147. The van der Waals surface area contributed by atoms with Crippen LogP contribution >= 0.6 is 34.2 Å². The zero-order chi connectivity index (χ0) is 37.8. The lowest BCUT2D eigenvalue weighted by Crippen LogP contribution is -2.56. The number of piperazine rings is 1. The fraction of sp³-hybridized carbons (Fsp3) is 0.615. The summed E-state index contributed by atoms with van der Waals surface area (Å²) < 4.78 is 40.2. The summed E-state index contributed by atoms with van der Waals surface area (Å²) in [6.07, 6.45) is 8.44. The topological polar surface area (TPSA) is 130 Å². The largest absolute Gasteiger partial charge is 0.489 e. The molecule has 11 nitrogen and oxygen atoms in total. The van der Waals surface area contributed by atoms with Crippen molar-refractivity contribution >= 4 is 61.7 Å². The third kappa shape index (κ3) is 9.06. The standard InChI is InChI=1S/C31H36ClN3O5S.C7H14N2O.CH3I/c1-19-5-3-7-27(36)24-10-8-22(24)16-35-17-31(14-4-6-21-15-23(32)9-11-25(21)31)18-40-28-13-12-26(33-29(28)35)30(37)34-41(38,39)20(19)2;1-2-9-3-4-10-6-7(9)5-8-1;1-2/h3,7,9,11-13,15,19-20,22,24H,4-6,8,10,14,16-18H2,1-2H3,(H,34,37);7-8H,1-6H2;1H3/b7-3+;;/t19-,20+,22-,24+,31-;7-;/m00./s1. The average Bonchev–Trinajstić information content (AvgIpc) is 3.30. The molecule has 2 N–H and O–H groups in total. The van der Waals surface area contributed by atoms with Gasteiger partial charge in [0.15, 0.2) is 17.4 Å². The number of hydrogen-bond acceptors (Lipinski definition) is 10. The predicted molar refractivity (Wildman–Crippen MR) is 217 cm³/mol. The van der Waals surface area contributed by atoms with Crippen LogP contribution in [0.5, 0.6) is 5.75 Å². The number of aryl methyl sites for hydroxylation is 1. The molecule has 1 aromatic heterocycles. The Morgan fingerprint density at radius 1 is 1.09 bits per heavy atom. The van der Waals surface area contributed by atoms with E-state index in [0.717, 1.165) is 65.0 Å². The van der Waals surface area contributed by atoms with Gasteiger partial charge in [-0.15, -0.1) is 0 Å². The van der Waals surface area contributed by atoms with Crippen LogP contribution in [0.4, 0.5) is 5.82 Å². The van der Waals surface area contributed by atoms with Gasteiger partial charge in [0, 0.05) is 61.7 Å². The Kier molecular flexibility index (Phi) is 13.4. The van der Waals surface area contributed by atoms with Crippen LogP contribution < -0.4 is 19.7 Å². The molecular formula is C39H53ClIN5O6S. The number of hydrogen-bond donors (Lipinski definition) is 2. The minimum absolute atomic E-state index is 0.0146. The quantitative estimate of drug-likeness (QED) is 0.270. The van der Waals surface area contributed by atoms with E-state index in [-0.39, 0.29) is 34.6 Å². The Morgan fingerprint density at radius 3 is 2.70 bits per heavy atom. The van der Waals surface area contributed by atoms with E-state index in [1.54, 1.807) is 25.1 Å². The molecule has 0 radical (unpaired) electrons. The molecule has 1 spiro atoms. The lowest BCUT2D eigenvalue weighted by molar-refractivity contribution is -0.122. The summed E-state index contributed by atoms with van der Waals surface area (Å²) in [6, 6.07) is 9.96. The van der Waals surface area contributed by atoms with Crippen molar-refractivity contribution in [3.8, 4) is 5.75 Å². The van der Waals surface area contributed by atoms with Crippen molar-refractivity contribution in [3.63, 3.8) is 0 Å². The maximum Gasteiger partial charge on any atom is 0.283 e. The number of halogens is 2. The summed E-state index contributed by atoms with van der Waals surface area (Å²) in [6.45, 7) is 11.5. The number of alkyl halides is 1. The number of nitrogens with zero attached hydrogens (tertiary/aromatic N) is 3. The monoisotopic (exact) mass is 881 g/mol. The number of morpholine rings is 1. The number of sulfonamides is 1. The number of ether oxygens (including phenoxy) is 2. The molecule has 4 aliphatic heterocycles. The molecule has 1 amide bonds. The molecule has 1 aromatic carbocycles. The number of ketones is 1. The minimum Gasteiger partial charge on any atom is -0.489 e. The van der Waals surface area contributed by atoms with Gasteiger partial charge in [-0.1, -0.05) is 53.3 Å². The van der Waals surface area contributed by atoms with Gasteiger partial charge in [0.05, 0.1) is 25.1 Å². The van der Waals surface area contributed by atoms with Gasteiger partial charge in [-0.05, 0) is 104 Å². The summed E-state index contributed by atoms with van der Waals surface area (Å²) in [7, 11) is -3.97. The summed E-state index contributed by atoms with van der Waals surface area (Å²) in [5.41, 5.74) is 2.13. The smallest absolute Gasteiger partial charge is 0.283 e. The highest BCUT2D eigenvalue weighted by Crippen LogP contribution is 2.45. The van der Waals surface area contributed by atoms with Crippen molar-refractivity contribution in [3.05, 3.63) is 64.3 Å². The number of amides is 1. The van der Waals surface area contributed by atoms with Gasteiger partial charge >= 0.3 is 0 Å². The molecule has 5 heterocycles. The number of fused-ring (bicyclic) bond motifs is 5. The molecular weight excluding hydrogens is 829 g/mol. The average molecular weight is 882 g/mol. The third-order valence-electron chi connectivity index (χ3n) is 12.0. The Balaban J connectivity index is 0.000000340. The first-order valence-corrected chi connectivity index (χ1v) is 23.0. The van der Waals surface area contributed by atoms with Crippen LogP contribution in [0.15, 0.2) is 42.5 Å². The Hall–Kier alpha value is -2.30. The molecule has 0 unspecified atom stereocenters. The van der Waals surface area contributed by atoms with Crippen LogP contribution in [0.1, 0.15) is 67.6 Å². The van der Waals surface area contributed by atoms with Gasteiger partial charge in [-0.2, -0.15) is 0 Å². The second-order valence-corrected chi connectivity index (χ2v) is 17.7. The fourth-order valence-electron chi connectivity index (χ4n) is 8.51. The molecule has 14 heteroatoms. The van der Waals surface area contributed by atoms with Crippen molar-refractivity contribution in [1.82, 2.24) is 19.9 Å². The van der Waals surface area contributed by atoms with Crippen molar-refractivity contribution in [1.29, 1.82) is 0 Å². The Bertz CT molecular complexity index is 1750. The predicted octanol–water partition coefficient (Wildman–Crippen LogP) is 5.19. The molecule has 8 rings (SSSR count). The van der Waals surface area contributed by atoms with Gasteiger partial charge in [0.25, 0.3) is 5.91 Å². The second kappa shape index (κ2) is 17.7. The van der Waals surface area contributed by atoms with Crippen molar-refractivity contribution < 1.29 is 27.5 Å². The number of allylic oxidation sites excluding steroid dienone is 2. The number of carbonyl (C=O) groups is 2. The molecule has 6 atom stereocenters. The highest BCUT2D eigenvalue weighted by atomic mass is 127. The summed E-state index contributed by atoms with van der Waals surface area (Å²) in [5, 5.41) is 3.24. The molecule has 2 saturated heterocycles. The number of pyridine rings is 1. The number of carbonyl (C=O) groups excluding carboxylic acids is 2. The first kappa shape index (κ1) is 40.4. The first-order valence-electron chi connectivity index (χ1n) is 18.9. The van der Waals surface area contributed by atoms with Gasteiger partial charge < -0.3 is 19.7 Å². The van der Waals surface area contributed by atoms with Gasteiger partial charge in [-0.3, -0.25) is 14.5 Å². The Morgan fingerprint density at radius 2 is 1.92 bits per heavy atom. The fourth-order valence-corrected chi connectivity index (χ4v) is 9.98. The number of aromatic nitrogens is 1. The van der Waals surface area contributed by atoms with E-state index >= 15 is 0 Å². The third-order valence-corrected chi connectivity index (χ3v) is 14.1. The van der Waals surface area contributed by atoms with Crippen LogP contribution in [0.25, 0.3) is 0 Å². The van der Waals surface area contributed by atoms with E-state index in [9.17, 15) is 18.0 Å². The maximum atomic E-state index is 13.2. The van der Waals surface area contributed by atoms with Crippen LogP contribution in [0.2, 0.25) is 5.02 Å². The van der Waals surface area contributed by atoms with Gasteiger partial charge in [0.2, 0.25) is 10.0 Å². The number of benzene rings is 1. The zero-order valence-electron chi connectivity index (χ0n) is 31.0. The van der Waals surface area contributed by atoms with E-state index < -0.39 is 21.2 Å². The van der Waals surface area contributed by atoms with Crippen molar-refractivity contribution in [2.75, 3.05) is 68.9 Å². The normalized spacial score (nSPS) is 31.6. The lowest BCUT2D eigenvalue weighted by atomic mass is 9.69. The first-order chi connectivity index (χ1) is 25.5. The van der Waals surface area contributed by atoms with E-state index in [4.69, 9.17) is 26.1 Å². The zero-order valence-corrected chi connectivity index (χ0v) is 34.7. The molecule has 6 aliphatic rings. The summed E-state index contributed by atoms with van der Waals surface area (Å²) in [4.78, 5) is 37.8. The molecule has 3 fully saturated rings. The number of nitrogens with one attached hydrogen (secondary N) is 2. The van der Waals surface area contributed by atoms with Crippen LogP contribution in [-0.2, 0) is 31.4 Å². The van der Waals surface area contributed by atoms with Crippen LogP contribution in [0, 0.1) is 17.8 Å². The van der Waals surface area contributed by atoms with E-state index in [1.165, 1.54) is 23.7 Å². The maximum absolute atomic E-state index is 13.2. The minimum atomic E-state index is -3.97. The van der Waals surface area contributed by atoms with E-state index in [2.05, 4.69) is 48.5 Å². The second-order valence-electron chi connectivity index (χ2n) is 15.2. The molecule has 2 aromatic rings. The SMILES string of the molecule is C1CN2CCOC[C@@H]2CN1.CI.C[C@@H]1[C@@H](C)C/C=C/C(=O)[C@@H]2CC[C@H]2CN2C[C@@]3(CCCc4cc(Cl)ccc43)COc3ccc(nc32)C(=O)NS1(=O)=O. The number of rotatable bonds is 0. The molecule has 53 heavy (non-hydrogen) atoms. The van der Waals surface area contributed by atoms with Crippen LogP contribution in [0.3, 0.4) is 0 Å². The highest BCUT2D eigenvalue weighted by Gasteiger charge is 2.45. The van der Waals surface area contributed by atoms with E-state index in [0.29, 0.717) is 48.7 Å². The van der Waals surface area contributed by atoms with Crippen molar-refractivity contribution in [2.45, 2.75) is 69.1 Å². The molecule has 2 aliphatic carbocycles.